The predicted molar refractivity (Wildman–Crippen MR) is 140 cm³/mol. The molecular formula is C28H31FN6O. The SMILES string of the molecule is CNCC(C)c1ccc(C#N)c(F)c1.Cn1cc(-c2ccc(NC(=O)CC3=CCCC=C3)nc2)cn1. The summed E-state index contributed by atoms with van der Waals surface area (Å²) in [5.41, 5.74) is 4.06. The van der Waals surface area contributed by atoms with Crippen molar-refractivity contribution in [2.24, 2.45) is 7.05 Å². The Morgan fingerprint density at radius 3 is 2.64 bits per heavy atom. The standard InChI is InChI=1S/C17H18N4O.C11H13FN2/c1-21-12-15(11-19-21)14-7-8-16(18-10-14)20-17(22)9-13-5-3-2-4-6-13;1-8(7-14-2)9-3-4-10(6-13)11(12)5-9/h3,5-8,10-12H,2,4,9H2,1H3,(H,18,20,22);3-5,8,14H,7H2,1-2H3. The van der Waals surface area contributed by atoms with Gasteiger partial charge in [-0.05, 0) is 61.2 Å². The number of carbonyl (C=O) groups excluding carboxylic acids is 1. The fraction of sp³-hybridized carbons (Fsp3) is 0.286. The lowest BCUT2D eigenvalue weighted by Crippen LogP contribution is -2.14. The number of amides is 1. The van der Waals surface area contributed by atoms with Crippen LogP contribution in [-0.4, -0.2) is 34.3 Å². The molecule has 8 heteroatoms. The molecule has 1 unspecified atom stereocenters. The number of nitrogens with zero attached hydrogens (tertiary/aromatic N) is 4. The number of nitriles is 1. The van der Waals surface area contributed by atoms with Crippen molar-refractivity contribution in [2.75, 3.05) is 18.9 Å². The van der Waals surface area contributed by atoms with Gasteiger partial charge in [0.25, 0.3) is 0 Å². The summed E-state index contributed by atoms with van der Waals surface area (Å²) in [6.45, 7) is 2.81. The molecule has 4 rings (SSSR count). The van der Waals surface area contributed by atoms with Gasteiger partial charge in [-0.2, -0.15) is 10.4 Å². The Kier molecular flexibility index (Phi) is 9.66. The van der Waals surface area contributed by atoms with E-state index in [4.69, 9.17) is 5.26 Å². The summed E-state index contributed by atoms with van der Waals surface area (Å²) in [5, 5.41) is 18.5. The van der Waals surface area contributed by atoms with Crippen molar-refractivity contribution in [2.45, 2.75) is 32.1 Å². The summed E-state index contributed by atoms with van der Waals surface area (Å²) in [5.74, 6) is 0.340. The van der Waals surface area contributed by atoms with Crippen molar-refractivity contribution in [3.63, 3.8) is 0 Å². The molecule has 7 nitrogen and oxygen atoms in total. The van der Waals surface area contributed by atoms with Crippen LogP contribution in [0.25, 0.3) is 11.1 Å². The Labute approximate surface area is 211 Å². The highest BCUT2D eigenvalue weighted by Crippen LogP contribution is 2.20. The maximum absolute atomic E-state index is 13.2. The van der Waals surface area contributed by atoms with E-state index in [2.05, 4.69) is 32.9 Å². The van der Waals surface area contributed by atoms with Gasteiger partial charge in [-0.25, -0.2) is 9.37 Å². The van der Waals surface area contributed by atoms with E-state index in [-0.39, 0.29) is 17.4 Å². The predicted octanol–water partition coefficient (Wildman–Crippen LogP) is 5.11. The summed E-state index contributed by atoms with van der Waals surface area (Å²) >= 11 is 0. The van der Waals surface area contributed by atoms with Gasteiger partial charge in [0.05, 0.1) is 18.2 Å². The molecule has 186 valence electrons. The summed E-state index contributed by atoms with van der Waals surface area (Å²) in [4.78, 5) is 16.3. The quantitative estimate of drug-likeness (QED) is 0.484. The zero-order valence-corrected chi connectivity index (χ0v) is 20.8. The van der Waals surface area contributed by atoms with Crippen LogP contribution in [0.3, 0.4) is 0 Å². The fourth-order valence-electron chi connectivity index (χ4n) is 3.73. The van der Waals surface area contributed by atoms with Crippen molar-refractivity contribution in [1.29, 1.82) is 5.26 Å². The summed E-state index contributed by atoms with van der Waals surface area (Å²) in [6.07, 6.45) is 14.1. The topological polar surface area (TPSA) is 95.6 Å². The minimum absolute atomic E-state index is 0.0422. The van der Waals surface area contributed by atoms with E-state index in [1.165, 1.54) is 12.1 Å². The molecule has 1 aromatic carbocycles. The highest BCUT2D eigenvalue weighted by molar-refractivity contribution is 5.91. The van der Waals surface area contributed by atoms with Crippen LogP contribution in [0, 0.1) is 17.1 Å². The first-order chi connectivity index (χ1) is 17.4. The summed E-state index contributed by atoms with van der Waals surface area (Å²) < 4.78 is 15.0. The number of anilines is 1. The third-order valence-corrected chi connectivity index (χ3v) is 5.70. The maximum atomic E-state index is 13.2. The molecule has 1 aliphatic carbocycles. The largest absolute Gasteiger partial charge is 0.319 e. The Morgan fingerprint density at radius 1 is 1.22 bits per heavy atom. The highest BCUT2D eigenvalue weighted by atomic mass is 19.1. The van der Waals surface area contributed by atoms with E-state index in [0.717, 1.165) is 41.6 Å². The van der Waals surface area contributed by atoms with Crippen LogP contribution in [0.5, 0.6) is 0 Å². The number of pyridine rings is 1. The third kappa shape index (κ3) is 7.72. The maximum Gasteiger partial charge on any atom is 0.229 e. The molecule has 0 saturated carbocycles. The average Bonchev–Trinajstić information content (AvgIpc) is 3.32. The van der Waals surface area contributed by atoms with Crippen molar-refractivity contribution in [3.8, 4) is 17.2 Å². The number of halogens is 1. The van der Waals surface area contributed by atoms with Gasteiger partial charge in [-0.3, -0.25) is 9.48 Å². The van der Waals surface area contributed by atoms with Crippen molar-refractivity contribution in [1.82, 2.24) is 20.1 Å². The van der Waals surface area contributed by atoms with Crippen molar-refractivity contribution in [3.05, 3.63) is 89.7 Å². The molecule has 1 amide bonds. The number of aromatic nitrogens is 3. The normalized spacial score (nSPS) is 13.1. The Hall–Kier alpha value is -4.09. The van der Waals surface area contributed by atoms with Crippen LogP contribution < -0.4 is 10.6 Å². The van der Waals surface area contributed by atoms with E-state index >= 15 is 0 Å². The molecule has 0 fully saturated rings. The highest BCUT2D eigenvalue weighted by Gasteiger charge is 2.09. The van der Waals surface area contributed by atoms with Crippen LogP contribution in [-0.2, 0) is 11.8 Å². The lowest BCUT2D eigenvalue weighted by molar-refractivity contribution is -0.115. The number of benzene rings is 1. The van der Waals surface area contributed by atoms with E-state index in [1.54, 1.807) is 29.2 Å². The second-order valence-electron chi connectivity index (χ2n) is 8.63. The molecule has 0 radical (unpaired) electrons. The first-order valence-electron chi connectivity index (χ1n) is 11.8. The molecule has 1 aliphatic rings. The number of nitrogens with one attached hydrogen (secondary N) is 2. The van der Waals surface area contributed by atoms with Gasteiger partial charge >= 0.3 is 0 Å². The van der Waals surface area contributed by atoms with Crippen molar-refractivity contribution >= 4 is 11.7 Å². The second kappa shape index (κ2) is 13.1. The van der Waals surface area contributed by atoms with Crippen LogP contribution in [0.2, 0.25) is 0 Å². The molecule has 36 heavy (non-hydrogen) atoms. The van der Waals surface area contributed by atoms with E-state index < -0.39 is 5.82 Å². The lowest BCUT2D eigenvalue weighted by atomic mass is 10.00. The molecule has 2 N–H and O–H groups in total. The smallest absolute Gasteiger partial charge is 0.229 e. The number of rotatable bonds is 7. The average molecular weight is 487 g/mol. The molecule has 0 spiro atoms. The fourth-order valence-corrected chi connectivity index (χ4v) is 3.73. The first-order valence-corrected chi connectivity index (χ1v) is 11.8. The van der Waals surface area contributed by atoms with Gasteiger partial charge in [-0.15, -0.1) is 0 Å². The van der Waals surface area contributed by atoms with E-state index in [0.29, 0.717) is 12.2 Å². The monoisotopic (exact) mass is 486 g/mol. The minimum Gasteiger partial charge on any atom is -0.319 e. The molecule has 0 bridgehead atoms. The van der Waals surface area contributed by atoms with E-state index in [1.807, 2.05) is 45.4 Å². The molecular weight excluding hydrogens is 455 g/mol. The van der Waals surface area contributed by atoms with Gasteiger partial charge in [0.15, 0.2) is 0 Å². The number of likely N-dealkylation sites (N-methyl/N-ethyl adjacent to an activating group) is 1. The number of hydrogen-bond donors (Lipinski definition) is 2. The molecule has 3 aromatic rings. The van der Waals surface area contributed by atoms with Crippen molar-refractivity contribution < 1.29 is 9.18 Å². The van der Waals surface area contributed by atoms with E-state index in [9.17, 15) is 9.18 Å². The lowest BCUT2D eigenvalue weighted by Gasteiger charge is -2.11. The van der Waals surface area contributed by atoms with Gasteiger partial charge in [0.2, 0.25) is 5.91 Å². The van der Waals surface area contributed by atoms with Crippen LogP contribution >= 0.6 is 0 Å². The zero-order chi connectivity index (χ0) is 25.9. The number of hydrogen-bond acceptors (Lipinski definition) is 5. The molecule has 0 aliphatic heterocycles. The molecule has 0 saturated heterocycles. The van der Waals surface area contributed by atoms with Crippen LogP contribution in [0.1, 0.15) is 43.2 Å². The molecule has 2 aromatic heterocycles. The van der Waals surface area contributed by atoms with Crippen LogP contribution in [0.4, 0.5) is 10.2 Å². The minimum atomic E-state index is -0.437. The Bertz CT molecular complexity index is 1270. The van der Waals surface area contributed by atoms with Gasteiger partial charge in [0, 0.05) is 37.1 Å². The summed E-state index contributed by atoms with van der Waals surface area (Å²) in [6, 6.07) is 10.3. The Balaban J connectivity index is 0.000000223. The second-order valence-corrected chi connectivity index (χ2v) is 8.63. The van der Waals surface area contributed by atoms with Crippen LogP contribution in [0.15, 0.2) is 72.7 Å². The first kappa shape index (κ1) is 26.5. The number of aryl methyl sites for hydroxylation is 1. The van der Waals surface area contributed by atoms with Gasteiger partial charge < -0.3 is 10.6 Å². The zero-order valence-electron chi connectivity index (χ0n) is 20.8. The molecule has 2 heterocycles. The molecule has 1 atom stereocenters. The van der Waals surface area contributed by atoms with Gasteiger partial charge in [0.1, 0.15) is 17.7 Å². The number of carbonyl (C=O) groups is 1. The Morgan fingerprint density at radius 2 is 2.06 bits per heavy atom. The van der Waals surface area contributed by atoms with Gasteiger partial charge in [-0.1, -0.05) is 31.2 Å². The number of allylic oxidation sites excluding steroid dienone is 3. The summed E-state index contributed by atoms with van der Waals surface area (Å²) in [7, 11) is 3.73. The third-order valence-electron chi connectivity index (χ3n) is 5.70.